The van der Waals surface area contributed by atoms with Gasteiger partial charge in [0.25, 0.3) is 0 Å². The van der Waals surface area contributed by atoms with Crippen molar-refractivity contribution in [3.8, 4) is 48.8 Å². The highest BCUT2D eigenvalue weighted by Crippen LogP contribution is 2.38. The van der Waals surface area contributed by atoms with Crippen molar-refractivity contribution in [3.63, 3.8) is 0 Å². The molecule has 0 unspecified atom stereocenters. The van der Waals surface area contributed by atoms with Gasteiger partial charge in [-0.3, -0.25) is 0 Å². The van der Waals surface area contributed by atoms with Crippen LogP contribution in [0.25, 0.3) is 48.8 Å². The summed E-state index contributed by atoms with van der Waals surface area (Å²) in [4.78, 5) is 13.7. The van der Waals surface area contributed by atoms with Crippen molar-refractivity contribution >= 4 is 130 Å². The van der Waals surface area contributed by atoms with Crippen LogP contribution >= 0.6 is 113 Å². The van der Waals surface area contributed by atoms with Gasteiger partial charge >= 0.3 is 0 Å². The van der Waals surface area contributed by atoms with Crippen LogP contribution in [-0.2, 0) is 11.4 Å². The van der Waals surface area contributed by atoms with Crippen molar-refractivity contribution in [2.75, 3.05) is 5.75 Å². The second kappa shape index (κ2) is 24.5. The molecule has 11 heterocycles. The van der Waals surface area contributed by atoms with E-state index in [-0.39, 0.29) is 0 Å². The summed E-state index contributed by atoms with van der Waals surface area (Å²) in [6.07, 6.45) is 4.22. The van der Waals surface area contributed by atoms with Crippen molar-refractivity contribution in [2.24, 2.45) is 0 Å². The summed E-state index contributed by atoms with van der Waals surface area (Å²) >= 11 is 19.8. The number of allylic oxidation sites excluding steroid dienone is 1. The Morgan fingerprint density at radius 2 is 0.600 bits per heavy atom. The van der Waals surface area contributed by atoms with Crippen LogP contribution in [0, 0.1) is 0 Å². The molecule has 0 aromatic carbocycles. The zero-order valence-corrected chi connectivity index (χ0v) is 38.2. The Balaban J connectivity index is 0.000000116. The van der Waals surface area contributed by atoms with Crippen molar-refractivity contribution in [1.29, 1.82) is 0 Å². The van der Waals surface area contributed by atoms with Gasteiger partial charge in [0, 0.05) is 48.8 Å². The Kier molecular flexibility index (Phi) is 18.4. The molecular weight excluding hydrogens is 881 g/mol. The molecule has 0 saturated heterocycles. The zero-order valence-electron chi connectivity index (χ0n) is 29.3. The molecule has 11 heteroatoms. The molecule has 0 amide bonds. The van der Waals surface area contributed by atoms with E-state index in [0.717, 1.165) is 0 Å². The second-order valence-corrected chi connectivity index (χ2v) is 21.1. The molecule has 1 aliphatic heterocycles. The monoisotopic (exact) mass is 915 g/mol. The molecule has 11 rings (SSSR count). The zero-order chi connectivity index (χ0) is 37.6. The molecule has 55 heavy (non-hydrogen) atoms. The standard InChI is InChI=1S/C12H8S3.3C8H6S2.C4H5S.C4H4S/c1-3-9(13-7-1)11-5-6-12(15-11)10-4-2-8-14-10;3*1-3-7(9-5-1)8-4-2-6-10-8;2*1-2-4-5-3-1/h1-8H;3*1-6H;1-3H,4H2;1-4H/q;;;;+1;. The lowest BCUT2D eigenvalue weighted by molar-refractivity contribution is 1.83. The third-order valence-corrected chi connectivity index (χ3v) is 17.3. The Morgan fingerprint density at radius 3 is 0.764 bits per heavy atom. The average molecular weight is 917 g/mol. The molecule has 10 aromatic rings. The summed E-state index contributed by atoms with van der Waals surface area (Å²) in [5.74, 6) is 1.18. The normalized spacial score (nSPS) is 10.7. The molecule has 10 aromatic heterocycles. The van der Waals surface area contributed by atoms with Gasteiger partial charge in [-0.25, -0.2) is 0 Å². The maximum absolute atomic E-state index is 2.21. The van der Waals surface area contributed by atoms with Crippen molar-refractivity contribution in [3.05, 3.63) is 187 Å². The summed E-state index contributed by atoms with van der Waals surface area (Å²) in [6.45, 7) is 0. The maximum atomic E-state index is 2.21. The van der Waals surface area contributed by atoms with Crippen molar-refractivity contribution in [2.45, 2.75) is 0 Å². The largest absolute Gasteiger partial charge is 0.194 e. The number of hydrogen-bond acceptors (Lipinski definition) is 10. The number of hydrogen-bond donors (Lipinski definition) is 0. The molecule has 1 aliphatic rings. The minimum Gasteiger partial charge on any atom is -0.152 e. The van der Waals surface area contributed by atoms with Crippen LogP contribution in [0.2, 0.25) is 0 Å². The SMILES string of the molecule is C1=CC[S+]=C1.c1ccsc1.c1csc(-c2ccc(-c3cccs3)s2)c1.c1csc(-c2cccs2)c1.c1csc(-c2cccs2)c1.c1csc(-c2cccs2)c1. The highest BCUT2D eigenvalue weighted by Gasteiger charge is 2.06. The fourth-order valence-corrected chi connectivity index (χ4v) is 12.9. The van der Waals surface area contributed by atoms with E-state index in [1.165, 1.54) is 54.5 Å². The van der Waals surface area contributed by atoms with E-state index in [0.29, 0.717) is 0 Å². The minimum atomic E-state index is 1.18. The topological polar surface area (TPSA) is 0 Å². The van der Waals surface area contributed by atoms with Crippen molar-refractivity contribution < 1.29 is 0 Å². The first kappa shape index (κ1) is 41.5. The Bertz CT molecular complexity index is 2020. The lowest BCUT2D eigenvalue weighted by Gasteiger charge is -1.89. The molecule has 0 saturated carbocycles. The lowest BCUT2D eigenvalue weighted by Crippen LogP contribution is -1.60. The second-order valence-electron chi connectivity index (χ2n) is 10.7. The van der Waals surface area contributed by atoms with Gasteiger partial charge in [-0.2, -0.15) is 11.3 Å². The van der Waals surface area contributed by atoms with E-state index < -0.39 is 0 Å². The molecule has 0 bridgehead atoms. The highest BCUT2D eigenvalue weighted by molar-refractivity contribution is 7.78. The van der Waals surface area contributed by atoms with Crippen LogP contribution in [0.1, 0.15) is 0 Å². The molecule has 0 nitrogen and oxygen atoms in total. The van der Waals surface area contributed by atoms with E-state index in [1.807, 2.05) is 45.6 Å². The van der Waals surface area contributed by atoms with E-state index in [1.54, 1.807) is 102 Å². The molecule has 276 valence electrons. The van der Waals surface area contributed by atoms with Crippen LogP contribution < -0.4 is 0 Å². The maximum Gasteiger partial charge on any atom is 0.194 e. The molecule has 0 fully saturated rings. The summed E-state index contributed by atoms with van der Waals surface area (Å²) < 4.78 is 0. The third kappa shape index (κ3) is 14.4. The van der Waals surface area contributed by atoms with E-state index in [9.17, 15) is 0 Å². The number of thiophene rings is 10. The highest BCUT2D eigenvalue weighted by atomic mass is 32.1. The molecule has 0 spiro atoms. The van der Waals surface area contributed by atoms with Crippen LogP contribution in [0.15, 0.2) is 187 Å². The van der Waals surface area contributed by atoms with Crippen LogP contribution in [-0.4, -0.2) is 11.1 Å². The van der Waals surface area contributed by atoms with E-state index >= 15 is 0 Å². The lowest BCUT2D eigenvalue weighted by atomic mass is 10.3. The predicted octanol–water partition coefficient (Wildman–Crippen LogP) is 17.8. The predicted molar refractivity (Wildman–Crippen MR) is 266 cm³/mol. The molecule has 0 aliphatic carbocycles. The first-order valence-corrected chi connectivity index (χ1v) is 26.6. The fourth-order valence-electron chi connectivity index (χ4n) is 4.46. The van der Waals surface area contributed by atoms with Gasteiger partial charge in [0.05, 0.1) is 0 Å². The van der Waals surface area contributed by atoms with Gasteiger partial charge < -0.3 is 0 Å². The fraction of sp³-hybridized carbons (Fsp3) is 0.0227. The average Bonchev–Trinajstić information content (AvgIpc) is 4.11. The Morgan fingerprint density at radius 1 is 0.309 bits per heavy atom. The van der Waals surface area contributed by atoms with Crippen LogP contribution in [0.4, 0.5) is 0 Å². The first-order valence-electron chi connectivity index (χ1n) is 16.8. The van der Waals surface area contributed by atoms with Crippen LogP contribution in [0.5, 0.6) is 0 Å². The molecule has 0 N–H and O–H groups in total. The van der Waals surface area contributed by atoms with Crippen LogP contribution in [0.3, 0.4) is 0 Å². The van der Waals surface area contributed by atoms with Gasteiger partial charge in [-0.05, 0) is 127 Å². The summed E-state index contributed by atoms with van der Waals surface area (Å²) in [5, 5.41) is 23.1. The first-order chi connectivity index (χ1) is 27.3. The Hall–Kier alpha value is -3.17. The quantitative estimate of drug-likeness (QED) is 0.119. The third-order valence-electron chi connectivity index (χ3n) is 6.92. The minimum absolute atomic E-state index is 1.18. The molecule has 0 atom stereocenters. The molecule has 0 radical (unpaired) electrons. The van der Waals surface area contributed by atoms with Gasteiger partial charge in [-0.1, -0.05) is 60.7 Å². The number of rotatable bonds is 5. The van der Waals surface area contributed by atoms with E-state index in [2.05, 4.69) is 170 Å². The molecular formula is C44H35S11+. The van der Waals surface area contributed by atoms with Gasteiger partial charge in [0.1, 0.15) is 0 Å². The summed E-state index contributed by atoms with van der Waals surface area (Å²) in [5.41, 5.74) is 0. The van der Waals surface area contributed by atoms with Gasteiger partial charge in [0.2, 0.25) is 0 Å². The van der Waals surface area contributed by atoms with E-state index in [4.69, 9.17) is 0 Å². The van der Waals surface area contributed by atoms with Crippen molar-refractivity contribution in [1.82, 2.24) is 0 Å². The smallest absolute Gasteiger partial charge is 0.152 e. The van der Waals surface area contributed by atoms with Gasteiger partial charge in [-0.15, -0.1) is 102 Å². The summed E-state index contributed by atoms with van der Waals surface area (Å²) in [7, 11) is 0. The Labute approximate surface area is 367 Å². The summed E-state index contributed by atoms with van der Waals surface area (Å²) in [6, 6.07) is 42.4. The van der Waals surface area contributed by atoms with Gasteiger partial charge in [0.15, 0.2) is 22.5 Å².